The number of epoxide rings is 1. The first-order valence-corrected chi connectivity index (χ1v) is 8.74. The van der Waals surface area contributed by atoms with Gasteiger partial charge in [0.1, 0.15) is 12.2 Å². The summed E-state index contributed by atoms with van der Waals surface area (Å²) >= 11 is 0. The van der Waals surface area contributed by atoms with Gasteiger partial charge < -0.3 is 14.2 Å². The molecule has 2 heterocycles. The van der Waals surface area contributed by atoms with Gasteiger partial charge >= 0.3 is 0 Å². The Labute approximate surface area is 128 Å². The van der Waals surface area contributed by atoms with Crippen LogP contribution in [0.1, 0.15) is 71.6 Å². The van der Waals surface area contributed by atoms with Crippen LogP contribution in [0, 0.1) is 0 Å². The van der Waals surface area contributed by atoms with Crippen LogP contribution in [0.25, 0.3) is 0 Å². The zero-order valence-electron chi connectivity index (χ0n) is 13.5. The van der Waals surface area contributed by atoms with E-state index >= 15 is 0 Å². The second-order valence-corrected chi connectivity index (χ2v) is 6.14. The number of fused-ring (bicyclic) bond motifs is 1. The minimum Gasteiger partial charge on any atom is -0.356 e. The van der Waals surface area contributed by atoms with Gasteiger partial charge in [0.15, 0.2) is 18.2 Å². The Kier molecular flexibility index (Phi) is 7.14. The zero-order chi connectivity index (χ0) is 15.1. The number of unbranched alkanes of at least 4 members (excludes halogenated alkanes) is 7. The molecule has 2 aliphatic rings. The molecule has 0 spiro atoms. The summed E-state index contributed by atoms with van der Waals surface area (Å²) in [7, 11) is 0. The summed E-state index contributed by atoms with van der Waals surface area (Å²) in [5.41, 5.74) is 0. The van der Waals surface area contributed by atoms with E-state index in [1.807, 2.05) is 6.92 Å². The van der Waals surface area contributed by atoms with Crippen molar-refractivity contribution in [1.82, 2.24) is 0 Å². The molecule has 4 atom stereocenters. The summed E-state index contributed by atoms with van der Waals surface area (Å²) in [5.74, 6) is 0.124. The largest absolute Gasteiger partial charge is 0.356 e. The molecule has 0 amide bonds. The third-order valence-corrected chi connectivity index (χ3v) is 4.34. The van der Waals surface area contributed by atoms with Crippen LogP contribution in [0.4, 0.5) is 0 Å². The predicted octanol–water partition coefficient (Wildman–Crippen LogP) is 3.62. The average molecular weight is 298 g/mol. The van der Waals surface area contributed by atoms with Crippen molar-refractivity contribution in [1.29, 1.82) is 0 Å². The Morgan fingerprint density at radius 3 is 2.29 bits per heavy atom. The number of carbonyl (C=O) groups excluding carboxylic acids is 1. The van der Waals surface area contributed by atoms with Crippen molar-refractivity contribution in [2.75, 3.05) is 6.61 Å². The van der Waals surface area contributed by atoms with Gasteiger partial charge in [-0.05, 0) is 13.3 Å². The Morgan fingerprint density at radius 2 is 1.62 bits per heavy atom. The van der Waals surface area contributed by atoms with Gasteiger partial charge in [-0.1, -0.05) is 58.3 Å². The van der Waals surface area contributed by atoms with E-state index in [0.29, 0.717) is 6.61 Å². The van der Waals surface area contributed by atoms with Crippen molar-refractivity contribution >= 4 is 5.78 Å². The number of Topliss-reactive ketones (excluding diaryl/α,β-unsaturated/α-hetero) is 1. The maximum absolute atomic E-state index is 12.0. The van der Waals surface area contributed by atoms with Crippen LogP contribution in [0.15, 0.2) is 0 Å². The third kappa shape index (κ3) is 5.04. The molecule has 21 heavy (non-hydrogen) atoms. The maximum atomic E-state index is 12.0. The van der Waals surface area contributed by atoms with Crippen LogP contribution in [0.2, 0.25) is 0 Å². The van der Waals surface area contributed by atoms with Crippen molar-refractivity contribution in [3.63, 3.8) is 0 Å². The molecule has 0 aliphatic carbocycles. The zero-order valence-corrected chi connectivity index (χ0v) is 13.5. The van der Waals surface area contributed by atoms with Crippen molar-refractivity contribution in [3.05, 3.63) is 0 Å². The second-order valence-electron chi connectivity index (χ2n) is 6.14. The maximum Gasteiger partial charge on any atom is 0.193 e. The molecule has 2 saturated heterocycles. The summed E-state index contributed by atoms with van der Waals surface area (Å²) < 4.78 is 16.6. The van der Waals surface area contributed by atoms with Gasteiger partial charge in [0.05, 0.1) is 0 Å². The lowest BCUT2D eigenvalue weighted by molar-refractivity contribution is -0.190. The second kappa shape index (κ2) is 8.86. The van der Waals surface area contributed by atoms with Crippen LogP contribution in [0.3, 0.4) is 0 Å². The first-order chi connectivity index (χ1) is 10.3. The summed E-state index contributed by atoms with van der Waals surface area (Å²) in [6.07, 6.45) is 9.93. The molecule has 2 fully saturated rings. The molecule has 2 aliphatic heterocycles. The quantitative estimate of drug-likeness (QED) is 0.432. The Bertz CT molecular complexity index is 318. The molecule has 122 valence electrons. The van der Waals surface area contributed by atoms with Crippen LogP contribution >= 0.6 is 0 Å². The van der Waals surface area contributed by atoms with E-state index in [9.17, 15) is 4.79 Å². The molecule has 0 bridgehead atoms. The van der Waals surface area contributed by atoms with E-state index in [1.54, 1.807) is 0 Å². The van der Waals surface area contributed by atoms with E-state index in [1.165, 1.54) is 44.9 Å². The van der Waals surface area contributed by atoms with Crippen molar-refractivity contribution in [2.24, 2.45) is 0 Å². The number of hydrogen-bond donors (Lipinski definition) is 0. The summed E-state index contributed by atoms with van der Waals surface area (Å²) in [5, 5.41) is 0. The molecular formula is C17H30O4. The highest BCUT2D eigenvalue weighted by Crippen LogP contribution is 2.36. The van der Waals surface area contributed by atoms with Gasteiger partial charge in [0.25, 0.3) is 0 Å². The fraction of sp³-hybridized carbons (Fsp3) is 0.941. The standard InChI is InChI=1S/C17H30O4/c1-3-5-6-7-8-9-10-11-12-13-14(18)15-16(21-15)17(20-13)19-4-2/h13,15-17H,3-12H2,1-2H3. The van der Waals surface area contributed by atoms with Crippen molar-refractivity contribution in [3.8, 4) is 0 Å². The molecule has 0 aromatic carbocycles. The molecule has 4 unspecified atom stereocenters. The fourth-order valence-corrected chi connectivity index (χ4v) is 3.02. The lowest BCUT2D eigenvalue weighted by Crippen LogP contribution is -2.43. The molecule has 4 heteroatoms. The van der Waals surface area contributed by atoms with E-state index in [4.69, 9.17) is 14.2 Å². The van der Waals surface area contributed by atoms with Gasteiger partial charge in [0.2, 0.25) is 0 Å². The van der Waals surface area contributed by atoms with Crippen LogP contribution < -0.4 is 0 Å². The Balaban J connectivity index is 1.56. The third-order valence-electron chi connectivity index (χ3n) is 4.34. The molecule has 0 saturated carbocycles. The number of ether oxygens (including phenoxy) is 3. The van der Waals surface area contributed by atoms with Crippen molar-refractivity contribution < 1.29 is 19.0 Å². The van der Waals surface area contributed by atoms with Crippen LogP contribution in [-0.2, 0) is 19.0 Å². The molecule has 0 radical (unpaired) electrons. The topological polar surface area (TPSA) is 48.1 Å². The van der Waals surface area contributed by atoms with Gasteiger partial charge in [-0.25, -0.2) is 0 Å². The summed E-state index contributed by atoms with van der Waals surface area (Å²) in [6, 6.07) is 0. The highest BCUT2D eigenvalue weighted by Gasteiger charge is 2.57. The lowest BCUT2D eigenvalue weighted by Gasteiger charge is -2.25. The molecule has 0 N–H and O–H groups in total. The predicted molar refractivity (Wildman–Crippen MR) is 81.2 cm³/mol. The smallest absolute Gasteiger partial charge is 0.193 e. The SMILES string of the molecule is CCCCCCCCCCC1OC(OCC)C2OC2C1=O. The molecule has 0 aromatic rings. The van der Waals surface area contributed by atoms with Crippen molar-refractivity contribution in [2.45, 2.75) is 96.2 Å². The first kappa shape index (κ1) is 16.9. The summed E-state index contributed by atoms with van der Waals surface area (Å²) in [6.45, 7) is 4.77. The normalized spacial score (nSPS) is 31.2. The van der Waals surface area contributed by atoms with E-state index in [2.05, 4.69) is 6.92 Å². The molecule has 4 nitrogen and oxygen atoms in total. The van der Waals surface area contributed by atoms with Gasteiger partial charge in [-0.15, -0.1) is 0 Å². The molecule has 0 aromatic heterocycles. The van der Waals surface area contributed by atoms with E-state index < -0.39 is 0 Å². The fourth-order valence-electron chi connectivity index (χ4n) is 3.02. The number of ketones is 1. The average Bonchev–Trinajstić information content (AvgIpc) is 3.27. The van der Waals surface area contributed by atoms with E-state index in [-0.39, 0.29) is 30.4 Å². The van der Waals surface area contributed by atoms with Gasteiger partial charge in [-0.2, -0.15) is 0 Å². The molecule has 2 rings (SSSR count). The highest BCUT2D eigenvalue weighted by molar-refractivity contribution is 5.90. The highest BCUT2D eigenvalue weighted by atomic mass is 16.7. The monoisotopic (exact) mass is 298 g/mol. The number of hydrogen-bond acceptors (Lipinski definition) is 4. The lowest BCUT2D eigenvalue weighted by atomic mass is 10.00. The van der Waals surface area contributed by atoms with Gasteiger partial charge in [0, 0.05) is 6.61 Å². The molecular weight excluding hydrogens is 268 g/mol. The Hall–Kier alpha value is -0.450. The van der Waals surface area contributed by atoms with Crippen LogP contribution in [-0.4, -0.2) is 37.0 Å². The Morgan fingerprint density at radius 1 is 0.952 bits per heavy atom. The minimum atomic E-state index is -0.336. The van der Waals surface area contributed by atoms with Crippen LogP contribution in [0.5, 0.6) is 0 Å². The number of carbonyl (C=O) groups is 1. The first-order valence-electron chi connectivity index (χ1n) is 8.74. The van der Waals surface area contributed by atoms with Gasteiger partial charge in [-0.3, -0.25) is 4.79 Å². The van der Waals surface area contributed by atoms with E-state index in [0.717, 1.165) is 12.8 Å². The minimum absolute atomic E-state index is 0.124. The summed E-state index contributed by atoms with van der Waals surface area (Å²) in [4.78, 5) is 12.0. The number of rotatable bonds is 11.